The van der Waals surface area contributed by atoms with Gasteiger partial charge in [0.2, 0.25) is 5.91 Å². The zero-order chi connectivity index (χ0) is 20.1. The van der Waals surface area contributed by atoms with E-state index in [-0.39, 0.29) is 5.91 Å². The van der Waals surface area contributed by atoms with Crippen molar-refractivity contribution in [1.82, 2.24) is 14.9 Å². The van der Waals surface area contributed by atoms with Crippen molar-refractivity contribution in [1.29, 1.82) is 0 Å². The first-order chi connectivity index (χ1) is 14.2. The number of carbonyl (C=O) groups is 1. The Morgan fingerprint density at radius 1 is 1.14 bits per heavy atom. The summed E-state index contributed by atoms with van der Waals surface area (Å²) < 4.78 is 7.50. The molecule has 1 aliphatic heterocycles. The number of hydrogen-bond acceptors (Lipinski definition) is 3. The van der Waals surface area contributed by atoms with Gasteiger partial charge in [0.1, 0.15) is 6.10 Å². The predicted octanol–water partition coefficient (Wildman–Crippen LogP) is 3.97. The summed E-state index contributed by atoms with van der Waals surface area (Å²) in [5, 5.41) is 3.55. The highest BCUT2D eigenvalue weighted by Crippen LogP contribution is 2.22. The molecule has 1 amide bonds. The number of nitrogens with zero attached hydrogens (tertiary/aromatic N) is 2. The standard InChI is InChI=1S/C23H22ClN3O2/c24-20-9-7-19(8-10-20)18-5-3-17(4-6-18)2-1-12-27-15-21(26-16-27)14-22-23(28)25-11-13-29-22/h1-10,15-16,22H,11-14H2,(H,25,28)/b2-1-/t22-/m0/s1. The Balaban J connectivity index is 1.32. The Hall–Kier alpha value is -2.89. The van der Waals surface area contributed by atoms with Gasteiger partial charge in [-0.1, -0.05) is 60.2 Å². The molecule has 0 spiro atoms. The first-order valence-corrected chi connectivity index (χ1v) is 9.98. The van der Waals surface area contributed by atoms with Crippen LogP contribution in [-0.2, 0) is 22.5 Å². The summed E-state index contributed by atoms with van der Waals surface area (Å²) in [5.41, 5.74) is 4.29. The lowest BCUT2D eigenvalue weighted by Crippen LogP contribution is -2.45. The van der Waals surface area contributed by atoms with Gasteiger partial charge in [-0.15, -0.1) is 0 Å². The molecule has 6 heteroatoms. The van der Waals surface area contributed by atoms with Gasteiger partial charge in [-0.05, 0) is 28.8 Å². The molecule has 1 aliphatic rings. The van der Waals surface area contributed by atoms with E-state index < -0.39 is 6.10 Å². The fourth-order valence-electron chi connectivity index (χ4n) is 3.26. The van der Waals surface area contributed by atoms with Crippen LogP contribution in [0.3, 0.4) is 0 Å². The van der Waals surface area contributed by atoms with E-state index in [1.165, 1.54) is 0 Å². The number of amides is 1. The van der Waals surface area contributed by atoms with Gasteiger partial charge in [-0.2, -0.15) is 0 Å². The number of ether oxygens (including phenoxy) is 1. The van der Waals surface area contributed by atoms with Gasteiger partial charge in [0.05, 0.1) is 18.6 Å². The number of carbonyl (C=O) groups excluding carboxylic acids is 1. The maximum atomic E-state index is 11.8. The zero-order valence-corrected chi connectivity index (χ0v) is 16.7. The van der Waals surface area contributed by atoms with E-state index in [0.717, 1.165) is 27.4 Å². The number of allylic oxidation sites excluding steroid dienone is 1. The first kappa shape index (κ1) is 19.4. The van der Waals surface area contributed by atoms with Crippen LogP contribution in [0.25, 0.3) is 17.2 Å². The van der Waals surface area contributed by atoms with Crippen LogP contribution in [0.5, 0.6) is 0 Å². The number of hydrogen-bond donors (Lipinski definition) is 1. The SMILES string of the molecule is O=C1NCCO[C@H]1Cc1cn(C/C=C\c2ccc(-c3ccc(Cl)cc3)cc2)cn1. The molecular formula is C23H22ClN3O2. The Morgan fingerprint density at radius 2 is 1.86 bits per heavy atom. The van der Waals surface area contributed by atoms with Crippen molar-refractivity contribution < 1.29 is 9.53 Å². The minimum absolute atomic E-state index is 0.0623. The van der Waals surface area contributed by atoms with Crippen molar-refractivity contribution in [2.75, 3.05) is 13.2 Å². The second-order valence-electron chi connectivity index (χ2n) is 6.95. The van der Waals surface area contributed by atoms with Crippen molar-refractivity contribution in [2.24, 2.45) is 0 Å². The number of aromatic nitrogens is 2. The van der Waals surface area contributed by atoms with E-state index in [4.69, 9.17) is 16.3 Å². The normalized spacial score (nSPS) is 16.9. The van der Waals surface area contributed by atoms with E-state index in [1.54, 1.807) is 6.33 Å². The number of halogens is 1. The molecule has 1 fully saturated rings. The molecule has 0 radical (unpaired) electrons. The third kappa shape index (κ3) is 5.13. The monoisotopic (exact) mass is 407 g/mol. The highest BCUT2D eigenvalue weighted by atomic mass is 35.5. The maximum Gasteiger partial charge on any atom is 0.249 e. The number of benzene rings is 2. The van der Waals surface area contributed by atoms with Gasteiger partial charge in [-0.25, -0.2) is 4.98 Å². The van der Waals surface area contributed by atoms with Gasteiger partial charge in [-0.3, -0.25) is 4.79 Å². The Kier molecular flexibility index (Phi) is 6.08. The quantitative estimate of drug-likeness (QED) is 0.672. The van der Waals surface area contributed by atoms with Crippen molar-refractivity contribution >= 4 is 23.6 Å². The number of nitrogens with one attached hydrogen (secondary N) is 1. The average Bonchev–Trinajstić information content (AvgIpc) is 3.18. The number of rotatable bonds is 6. The Morgan fingerprint density at radius 3 is 2.59 bits per heavy atom. The smallest absolute Gasteiger partial charge is 0.249 e. The second-order valence-corrected chi connectivity index (χ2v) is 7.38. The first-order valence-electron chi connectivity index (χ1n) is 9.60. The summed E-state index contributed by atoms with van der Waals surface area (Å²) in [6, 6.07) is 16.2. The van der Waals surface area contributed by atoms with Crippen LogP contribution >= 0.6 is 11.6 Å². The maximum absolute atomic E-state index is 11.8. The molecule has 1 aromatic heterocycles. The van der Waals surface area contributed by atoms with Gasteiger partial charge >= 0.3 is 0 Å². The molecule has 5 nitrogen and oxygen atoms in total. The minimum Gasteiger partial charge on any atom is -0.366 e. The van der Waals surface area contributed by atoms with Crippen molar-refractivity contribution in [2.45, 2.75) is 19.1 Å². The topological polar surface area (TPSA) is 56.1 Å². The third-order valence-electron chi connectivity index (χ3n) is 4.81. The molecule has 0 bridgehead atoms. The van der Waals surface area contributed by atoms with Gasteiger partial charge in [0.25, 0.3) is 0 Å². The van der Waals surface area contributed by atoms with Crippen molar-refractivity contribution in [3.05, 3.63) is 83.4 Å². The highest BCUT2D eigenvalue weighted by molar-refractivity contribution is 6.30. The molecular weight excluding hydrogens is 386 g/mol. The number of morpholine rings is 1. The van der Waals surface area contributed by atoms with E-state index in [2.05, 4.69) is 46.7 Å². The molecule has 29 heavy (non-hydrogen) atoms. The molecule has 1 N–H and O–H groups in total. The summed E-state index contributed by atoms with van der Waals surface area (Å²) in [6.07, 6.45) is 7.97. The fraction of sp³-hybridized carbons (Fsp3) is 0.217. The van der Waals surface area contributed by atoms with Gasteiger partial charge in [0, 0.05) is 30.7 Å². The molecule has 2 heterocycles. The molecule has 1 atom stereocenters. The summed E-state index contributed by atoms with van der Waals surface area (Å²) in [5.74, 6) is -0.0623. The van der Waals surface area contributed by atoms with Crippen molar-refractivity contribution in [3.63, 3.8) is 0 Å². The van der Waals surface area contributed by atoms with Crippen LogP contribution in [0.15, 0.2) is 67.1 Å². The van der Waals surface area contributed by atoms with E-state index in [1.807, 2.05) is 35.0 Å². The van der Waals surface area contributed by atoms with E-state index >= 15 is 0 Å². The molecule has 1 saturated heterocycles. The molecule has 2 aromatic carbocycles. The lowest BCUT2D eigenvalue weighted by Gasteiger charge is -2.21. The van der Waals surface area contributed by atoms with Crippen molar-refractivity contribution in [3.8, 4) is 11.1 Å². The molecule has 4 rings (SSSR count). The number of imidazole rings is 1. The van der Waals surface area contributed by atoms with Crippen LogP contribution in [0.1, 0.15) is 11.3 Å². The summed E-state index contributed by atoms with van der Waals surface area (Å²) in [7, 11) is 0. The molecule has 0 saturated carbocycles. The molecule has 0 aliphatic carbocycles. The molecule has 3 aromatic rings. The zero-order valence-electron chi connectivity index (χ0n) is 15.9. The largest absolute Gasteiger partial charge is 0.366 e. The fourth-order valence-corrected chi connectivity index (χ4v) is 3.38. The second kappa shape index (κ2) is 9.07. The predicted molar refractivity (Wildman–Crippen MR) is 115 cm³/mol. The van der Waals surface area contributed by atoms with E-state index in [9.17, 15) is 4.79 Å². The molecule has 148 valence electrons. The Bertz CT molecular complexity index is 994. The molecule has 0 unspecified atom stereocenters. The van der Waals surface area contributed by atoms with Crippen LogP contribution in [-0.4, -0.2) is 34.7 Å². The van der Waals surface area contributed by atoms with Gasteiger partial charge < -0.3 is 14.6 Å². The summed E-state index contributed by atoms with van der Waals surface area (Å²) >= 11 is 5.95. The minimum atomic E-state index is -0.443. The average molecular weight is 408 g/mol. The van der Waals surface area contributed by atoms with Crippen LogP contribution in [0, 0.1) is 0 Å². The Labute approximate surface area is 175 Å². The summed E-state index contributed by atoms with van der Waals surface area (Å²) in [4.78, 5) is 16.2. The van der Waals surface area contributed by atoms with Crippen LogP contribution < -0.4 is 5.32 Å². The third-order valence-corrected chi connectivity index (χ3v) is 5.06. The lowest BCUT2D eigenvalue weighted by molar-refractivity contribution is -0.137. The van der Waals surface area contributed by atoms with E-state index in [0.29, 0.717) is 26.1 Å². The van der Waals surface area contributed by atoms with Crippen LogP contribution in [0.2, 0.25) is 5.02 Å². The summed E-state index contributed by atoms with van der Waals surface area (Å²) in [6.45, 7) is 1.84. The lowest BCUT2D eigenvalue weighted by atomic mass is 10.0. The van der Waals surface area contributed by atoms with Crippen LogP contribution in [0.4, 0.5) is 0 Å². The highest BCUT2D eigenvalue weighted by Gasteiger charge is 2.23. The van der Waals surface area contributed by atoms with Gasteiger partial charge in [0.15, 0.2) is 0 Å².